The van der Waals surface area contributed by atoms with Crippen LogP contribution in [0.1, 0.15) is 39.7 Å². The van der Waals surface area contributed by atoms with Crippen LogP contribution in [0.3, 0.4) is 0 Å². The summed E-state index contributed by atoms with van der Waals surface area (Å²) in [7, 11) is 1.98. The Kier molecular flexibility index (Phi) is 3.67. The topological polar surface area (TPSA) is 54.7 Å². The van der Waals surface area contributed by atoms with E-state index < -0.39 is 11.8 Å². The fraction of sp³-hybridized carbons (Fsp3) is 0.179. The van der Waals surface area contributed by atoms with Crippen molar-refractivity contribution in [3.05, 3.63) is 107 Å². The van der Waals surface area contributed by atoms with Crippen LogP contribution in [0.4, 0.5) is 0 Å². The van der Waals surface area contributed by atoms with Gasteiger partial charge in [0.05, 0.1) is 18.1 Å². The summed E-state index contributed by atoms with van der Waals surface area (Å²) in [6, 6.07) is 24.6. The minimum Gasteiger partial charge on any atom is -0.350 e. The Balaban J connectivity index is 1.33. The second-order valence-corrected chi connectivity index (χ2v) is 9.21. The molecule has 2 atom stereocenters. The summed E-state index contributed by atoms with van der Waals surface area (Å²) in [5.74, 6) is -1.42. The monoisotopic (exact) mass is 431 g/mol. The number of aryl methyl sites for hydroxylation is 1. The van der Waals surface area contributed by atoms with E-state index in [1.165, 1.54) is 22.3 Å². The van der Waals surface area contributed by atoms with Crippen molar-refractivity contribution in [1.82, 2.24) is 9.58 Å². The van der Waals surface area contributed by atoms with Crippen molar-refractivity contribution in [2.45, 2.75) is 11.8 Å². The second kappa shape index (κ2) is 6.51. The minimum atomic E-state index is -0.406. The number of fused-ring (bicyclic) bond motifs is 1. The number of hydrogen-bond donors (Lipinski definition) is 0. The van der Waals surface area contributed by atoms with Gasteiger partial charge in [-0.3, -0.25) is 9.59 Å². The summed E-state index contributed by atoms with van der Waals surface area (Å²) in [5.41, 5.74) is 6.65. The summed E-state index contributed by atoms with van der Waals surface area (Å²) in [6.07, 6.45) is 3.62. The Bertz CT molecular complexity index is 1400. The number of benzene rings is 3. The van der Waals surface area contributed by atoms with Gasteiger partial charge in [0.15, 0.2) is 0 Å². The molecule has 3 aromatic carbocycles. The number of hydrazone groups is 1. The average molecular weight is 431 g/mol. The molecular weight excluding hydrogens is 410 g/mol. The number of rotatable bonds is 2. The summed E-state index contributed by atoms with van der Waals surface area (Å²) < 4.78 is 2.03. The summed E-state index contributed by atoms with van der Waals surface area (Å²) in [4.78, 5) is 27.3. The molecular formula is C28H21N3O2. The SMILES string of the molecule is Cn1cc(C=NN2C(=O)C3C4c5ccccc5C(c5ccccc54)C3C2=O)c2ccccc21. The van der Waals surface area contributed by atoms with Gasteiger partial charge < -0.3 is 4.57 Å². The van der Waals surface area contributed by atoms with Gasteiger partial charge in [-0.25, -0.2) is 0 Å². The molecule has 160 valence electrons. The highest BCUT2D eigenvalue weighted by Crippen LogP contribution is 2.60. The predicted molar refractivity (Wildman–Crippen MR) is 126 cm³/mol. The predicted octanol–water partition coefficient (Wildman–Crippen LogP) is 4.40. The van der Waals surface area contributed by atoms with Gasteiger partial charge in [-0.1, -0.05) is 66.7 Å². The van der Waals surface area contributed by atoms with Gasteiger partial charge in [0.25, 0.3) is 11.8 Å². The van der Waals surface area contributed by atoms with E-state index in [2.05, 4.69) is 29.4 Å². The molecule has 3 aliphatic carbocycles. The molecule has 8 rings (SSSR count). The Morgan fingerprint density at radius 1 is 0.727 bits per heavy atom. The van der Waals surface area contributed by atoms with Crippen LogP contribution in [-0.4, -0.2) is 27.6 Å². The van der Waals surface area contributed by atoms with Crippen molar-refractivity contribution < 1.29 is 9.59 Å². The lowest BCUT2D eigenvalue weighted by atomic mass is 9.55. The van der Waals surface area contributed by atoms with Crippen molar-refractivity contribution in [3.63, 3.8) is 0 Å². The molecule has 4 aliphatic rings. The average Bonchev–Trinajstić information content (AvgIpc) is 3.31. The first-order valence-electron chi connectivity index (χ1n) is 11.3. The molecule has 1 fully saturated rings. The molecule has 2 heterocycles. The molecule has 5 heteroatoms. The Hall–Kier alpha value is -3.99. The molecule has 0 saturated carbocycles. The first kappa shape index (κ1) is 18.6. The zero-order valence-electron chi connectivity index (χ0n) is 18.1. The van der Waals surface area contributed by atoms with Gasteiger partial charge in [0, 0.05) is 41.5 Å². The van der Waals surface area contributed by atoms with Gasteiger partial charge >= 0.3 is 0 Å². The highest BCUT2D eigenvalue weighted by Gasteiger charge is 2.61. The number of amides is 2. The molecule has 5 nitrogen and oxygen atoms in total. The number of nitrogens with zero attached hydrogens (tertiary/aromatic N) is 3. The van der Waals surface area contributed by atoms with E-state index >= 15 is 0 Å². The number of carbonyl (C=O) groups is 2. The molecule has 0 spiro atoms. The van der Waals surface area contributed by atoms with Gasteiger partial charge in [0.1, 0.15) is 0 Å². The van der Waals surface area contributed by atoms with Gasteiger partial charge in [-0.15, -0.1) is 0 Å². The molecule has 1 saturated heterocycles. The molecule has 33 heavy (non-hydrogen) atoms. The maximum atomic E-state index is 13.6. The second-order valence-electron chi connectivity index (χ2n) is 9.21. The van der Waals surface area contributed by atoms with Gasteiger partial charge in [-0.2, -0.15) is 10.1 Å². The van der Waals surface area contributed by atoms with E-state index in [-0.39, 0.29) is 23.7 Å². The highest BCUT2D eigenvalue weighted by atomic mass is 16.2. The molecule has 2 unspecified atom stereocenters. The van der Waals surface area contributed by atoms with Crippen LogP contribution in [0.2, 0.25) is 0 Å². The lowest BCUT2D eigenvalue weighted by molar-refractivity contribution is -0.139. The fourth-order valence-corrected chi connectivity index (χ4v) is 6.37. The molecule has 0 radical (unpaired) electrons. The first-order valence-corrected chi connectivity index (χ1v) is 11.3. The fourth-order valence-electron chi connectivity index (χ4n) is 6.37. The van der Waals surface area contributed by atoms with E-state index in [0.29, 0.717) is 0 Å². The van der Waals surface area contributed by atoms with Gasteiger partial charge in [0.2, 0.25) is 0 Å². The maximum Gasteiger partial charge on any atom is 0.254 e. The molecule has 0 N–H and O–H groups in total. The zero-order chi connectivity index (χ0) is 22.3. The molecule has 2 bridgehead atoms. The highest BCUT2D eigenvalue weighted by molar-refractivity contribution is 6.08. The van der Waals surface area contributed by atoms with Gasteiger partial charge in [-0.05, 0) is 28.3 Å². The smallest absolute Gasteiger partial charge is 0.254 e. The molecule has 4 aromatic rings. The van der Waals surface area contributed by atoms with Crippen LogP contribution in [0.5, 0.6) is 0 Å². The third-order valence-electron chi connectivity index (χ3n) is 7.67. The number of para-hydroxylation sites is 1. The Morgan fingerprint density at radius 2 is 1.21 bits per heavy atom. The van der Waals surface area contributed by atoms with E-state index in [1.54, 1.807) is 6.21 Å². The third kappa shape index (κ3) is 2.34. The Labute approximate surface area is 190 Å². The molecule has 2 amide bonds. The third-order valence-corrected chi connectivity index (χ3v) is 7.67. The maximum absolute atomic E-state index is 13.6. The summed E-state index contributed by atoms with van der Waals surface area (Å²) in [6.45, 7) is 0. The first-order chi connectivity index (χ1) is 16.1. The van der Waals surface area contributed by atoms with Crippen LogP contribution in [0.15, 0.2) is 84.1 Å². The lowest BCUT2D eigenvalue weighted by Gasteiger charge is -2.45. The van der Waals surface area contributed by atoms with Crippen LogP contribution in [0.25, 0.3) is 10.9 Å². The van der Waals surface area contributed by atoms with E-state index in [0.717, 1.165) is 21.5 Å². The van der Waals surface area contributed by atoms with Crippen LogP contribution in [0, 0.1) is 11.8 Å². The van der Waals surface area contributed by atoms with Crippen molar-refractivity contribution in [2.75, 3.05) is 0 Å². The molecule has 1 aromatic heterocycles. The van der Waals surface area contributed by atoms with Crippen LogP contribution < -0.4 is 0 Å². The summed E-state index contributed by atoms with van der Waals surface area (Å²) in [5, 5.41) is 6.64. The van der Waals surface area contributed by atoms with E-state index in [9.17, 15) is 9.59 Å². The van der Waals surface area contributed by atoms with Crippen molar-refractivity contribution in [1.29, 1.82) is 0 Å². The van der Waals surface area contributed by atoms with E-state index in [1.807, 2.05) is 66.3 Å². The summed E-state index contributed by atoms with van der Waals surface area (Å²) >= 11 is 0. The standard InChI is InChI=1S/C28H21N3O2/c1-30-15-16(17-8-6-7-13-22(17)30)14-29-31-27(32)25-23-18-9-2-3-10-19(18)24(26(25)28(31)33)21-12-5-4-11-20(21)23/h2-15,23-26H,1H3. The number of imide groups is 1. The van der Waals surface area contributed by atoms with Crippen LogP contribution in [-0.2, 0) is 16.6 Å². The van der Waals surface area contributed by atoms with Crippen LogP contribution >= 0.6 is 0 Å². The number of aromatic nitrogens is 1. The Morgan fingerprint density at radius 3 is 1.76 bits per heavy atom. The quantitative estimate of drug-likeness (QED) is 0.349. The normalized spacial score (nSPS) is 25.1. The minimum absolute atomic E-state index is 0.110. The molecule has 1 aliphatic heterocycles. The van der Waals surface area contributed by atoms with Crippen molar-refractivity contribution in [2.24, 2.45) is 24.0 Å². The van der Waals surface area contributed by atoms with Crippen molar-refractivity contribution in [3.8, 4) is 0 Å². The number of hydrogen-bond acceptors (Lipinski definition) is 3. The lowest BCUT2D eigenvalue weighted by Crippen LogP contribution is -2.41. The zero-order valence-corrected chi connectivity index (χ0v) is 18.1. The van der Waals surface area contributed by atoms with Crippen molar-refractivity contribution >= 4 is 28.9 Å². The number of carbonyl (C=O) groups excluding carboxylic acids is 2. The largest absolute Gasteiger partial charge is 0.350 e. The van der Waals surface area contributed by atoms with E-state index in [4.69, 9.17) is 0 Å².